The number of allylic oxidation sites excluding steroid dienone is 1. The fraction of sp³-hybridized carbons (Fsp3) is 0.371. The van der Waals surface area contributed by atoms with Crippen LogP contribution in [0.4, 0.5) is 11.5 Å². The van der Waals surface area contributed by atoms with Gasteiger partial charge in [-0.15, -0.1) is 0 Å². The first-order valence-corrected chi connectivity index (χ1v) is 15.4. The summed E-state index contributed by atoms with van der Waals surface area (Å²) in [4.78, 5) is 20.8. The Balaban J connectivity index is 1.30. The predicted octanol–water partition coefficient (Wildman–Crippen LogP) is 5.51. The Bertz CT molecular complexity index is 1660. The molecule has 1 saturated heterocycles. The van der Waals surface area contributed by atoms with Crippen LogP contribution in [0.3, 0.4) is 0 Å². The third kappa shape index (κ3) is 7.58. The number of aromatic nitrogens is 1. The Kier molecular flexibility index (Phi) is 10.4. The summed E-state index contributed by atoms with van der Waals surface area (Å²) in [6.07, 6.45) is 5.85. The molecule has 0 radical (unpaired) electrons. The van der Waals surface area contributed by atoms with Crippen LogP contribution >= 0.6 is 0 Å². The Morgan fingerprint density at radius 3 is 2.70 bits per heavy atom. The highest BCUT2D eigenvalue weighted by Gasteiger charge is 2.27. The molecule has 1 aromatic heterocycles. The van der Waals surface area contributed by atoms with Gasteiger partial charge in [-0.2, -0.15) is 15.3 Å². The van der Waals surface area contributed by atoms with Gasteiger partial charge in [0.15, 0.2) is 0 Å². The summed E-state index contributed by atoms with van der Waals surface area (Å²) in [5.41, 5.74) is 5.54. The van der Waals surface area contributed by atoms with Crippen molar-refractivity contribution < 1.29 is 24.1 Å². The Morgan fingerprint density at radius 2 is 2.04 bits per heavy atom. The second-order valence-electron chi connectivity index (χ2n) is 11.3. The minimum Gasteiger partial charge on any atom is -0.496 e. The number of carbonyl (C=O) groups is 1. The van der Waals surface area contributed by atoms with Crippen molar-refractivity contribution in [1.82, 2.24) is 9.99 Å². The second-order valence-corrected chi connectivity index (χ2v) is 11.3. The van der Waals surface area contributed by atoms with Crippen LogP contribution in [0.5, 0.6) is 11.6 Å². The molecule has 11 nitrogen and oxygen atoms in total. The van der Waals surface area contributed by atoms with Crippen LogP contribution in [0.25, 0.3) is 0 Å². The van der Waals surface area contributed by atoms with Crippen molar-refractivity contribution in [2.45, 2.75) is 46.3 Å². The fourth-order valence-corrected chi connectivity index (χ4v) is 5.43. The van der Waals surface area contributed by atoms with Gasteiger partial charge in [-0.1, -0.05) is 25.1 Å². The molecule has 1 atom stereocenters. The summed E-state index contributed by atoms with van der Waals surface area (Å²) >= 11 is 0. The molecule has 5 rings (SSSR count). The molecule has 3 heterocycles. The highest BCUT2D eigenvalue weighted by Crippen LogP contribution is 2.31. The normalized spacial score (nSPS) is 16.1. The van der Waals surface area contributed by atoms with Crippen molar-refractivity contribution >= 4 is 23.8 Å². The number of rotatable bonds is 13. The van der Waals surface area contributed by atoms with Crippen LogP contribution in [0.1, 0.15) is 52.4 Å². The largest absolute Gasteiger partial charge is 0.496 e. The minimum absolute atomic E-state index is 0.0902. The van der Waals surface area contributed by atoms with E-state index in [0.29, 0.717) is 43.4 Å². The SMILES string of the molecule is CC/C=C(\CN1CCN(c2cccc(OCc3ccc(C#N)cc3OC)n2)C=N1)N(CC1CCO1)c1cc(C(=O)O)cc(C)c1C. The summed E-state index contributed by atoms with van der Waals surface area (Å²) in [6, 6.07) is 16.5. The molecule has 11 heteroatoms. The molecule has 0 aliphatic carbocycles. The summed E-state index contributed by atoms with van der Waals surface area (Å²) < 4.78 is 17.2. The van der Waals surface area contributed by atoms with Crippen molar-refractivity contribution in [3.63, 3.8) is 0 Å². The molecule has 1 fully saturated rings. The number of hydrazone groups is 1. The molecule has 1 N–H and O–H groups in total. The van der Waals surface area contributed by atoms with Gasteiger partial charge in [-0.25, -0.2) is 4.79 Å². The Morgan fingerprint density at radius 1 is 1.22 bits per heavy atom. The highest BCUT2D eigenvalue weighted by atomic mass is 16.5. The number of nitrogens with zero attached hydrogens (tertiary/aromatic N) is 6. The van der Waals surface area contributed by atoms with Gasteiger partial charge in [0, 0.05) is 42.7 Å². The van der Waals surface area contributed by atoms with E-state index in [1.807, 2.05) is 42.0 Å². The van der Waals surface area contributed by atoms with E-state index < -0.39 is 5.97 Å². The molecule has 46 heavy (non-hydrogen) atoms. The highest BCUT2D eigenvalue weighted by molar-refractivity contribution is 5.90. The van der Waals surface area contributed by atoms with Crippen molar-refractivity contribution in [2.24, 2.45) is 5.10 Å². The molecule has 2 aromatic carbocycles. The van der Waals surface area contributed by atoms with Crippen LogP contribution in [0.2, 0.25) is 0 Å². The number of pyridine rings is 1. The second kappa shape index (κ2) is 14.8. The van der Waals surface area contributed by atoms with E-state index in [2.05, 4.69) is 24.0 Å². The molecule has 3 aromatic rings. The lowest BCUT2D eigenvalue weighted by molar-refractivity contribution is -0.0439. The number of aryl methyl sites for hydroxylation is 1. The van der Waals surface area contributed by atoms with Crippen LogP contribution < -0.4 is 19.3 Å². The Hall–Kier alpha value is -5.08. The zero-order chi connectivity index (χ0) is 32.6. The molecule has 0 spiro atoms. The van der Waals surface area contributed by atoms with Gasteiger partial charge in [-0.3, -0.25) is 5.01 Å². The van der Waals surface area contributed by atoms with Crippen molar-refractivity contribution in [2.75, 3.05) is 49.7 Å². The number of hydrogen-bond acceptors (Lipinski definition) is 10. The van der Waals surface area contributed by atoms with E-state index in [1.54, 1.807) is 43.8 Å². The standard InChI is InChI=1S/C35H40N6O5/c1-5-7-29(41(21-30-12-15-45-30)31-18-28(35(42)43)16-24(2)25(31)3)20-40-14-13-39(23-37-40)33-8-6-9-34(38-33)46-22-27-11-10-26(19-36)17-32(27)44-4/h6-11,16-18,23,30H,5,12-15,20-22H2,1-4H3,(H,42,43)/b29-7+. The number of anilines is 2. The molecule has 2 aliphatic rings. The number of aromatic carboxylic acids is 1. The quantitative estimate of drug-likeness (QED) is 0.260. The number of nitriles is 1. The maximum absolute atomic E-state index is 11.9. The zero-order valence-corrected chi connectivity index (χ0v) is 26.8. The first-order chi connectivity index (χ1) is 22.3. The van der Waals surface area contributed by atoms with Crippen LogP contribution in [0.15, 0.2) is 65.4 Å². The van der Waals surface area contributed by atoms with Gasteiger partial charge in [0.1, 0.15) is 24.5 Å². The minimum atomic E-state index is -0.942. The van der Waals surface area contributed by atoms with Crippen LogP contribution in [-0.4, -0.2) is 73.4 Å². The van der Waals surface area contributed by atoms with E-state index >= 15 is 0 Å². The van der Waals surface area contributed by atoms with Crippen LogP contribution in [0, 0.1) is 25.2 Å². The van der Waals surface area contributed by atoms with E-state index in [1.165, 1.54) is 0 Å². The van der Waals surface area contributed by atoms with Crippen LogP contribution in [-0.2, 0) is 11.3 Å². The number of hydrogen-bond donors (Lipinski definition) is 1. The number of carboxylic acid groups (broad SMARTS) is 1. The van der Waals surface area contributed by atoms with E-state index in [0.717, 1.165) is 53.3 Å². The molecule has 0 saturated carbocycles. The van der Waals surface area contributed by atoms with Gasteiger partial charge in [0.25, 0.3) is 0 Å². The number of carboxylic acids is 1. The van der Waals surface area contributed by atoms with E-state index in [-0.39, 0.29) is 18.3 Å². The predicted molar refractivity (Wildman–Crippen MR) is 177 cm³/mol. The first kappa shape index (κ1) is 32.3. The fourth-order valence-electron chi connectivity index (χ4n) is 5.43. The van der Waals surface area contributed by atoms with Crippen molar-refractivity contribution in [3.05, 3.63) is 88.1 Å². The average molecular weight is 625 g/mol. The maximum Gasteiger partial charge on any atom is 0.335 e. The van der Waals surface area contributed by atoms with Crippen molar-refractivity contribution in [3.8, 4) is 17.7 Å². The third-order valence-corrected chi connectivity index (χ3v) is 8.24. The molecule has 2 aliphatic heterocycles. The average Bonchev–Trinajstić information content (AvgIpc) is 3.05. The van der Waals surface area contributed by atoms with Gasteiger partial charge >= 0.3 is 5.97 Å². The van der Waals surface area contributed by atoms with Gasteiger partial charge in [-0.05, 0) is 68.1 Å². The number of ether oxygens (including phenoxy) is 3. The van der Waals surface area contributed by atoms with Gasteiger partial charge in [0.05, 0.1) is 43.5 Å². The molecular weight excluding hydrogens is 584 g/mol. The maximum atomic E-state index is 11.9. The topological polar surface area (TPSA) is 124 Å². The van der Waals surface area contributed by atoms with Crippen molar-refractivity contribution in [1.29, 1.82) is 5.26 Å². The zero-order valence-electron chi connectivity index (χ0n) is 26.8. The summed E-state index contributed by atoms with van der Waals surface area (Å²) in [6.45, 7) is 9.61. The number of methoxy groups -OCH3 is 1. The summed E-state index contributed by atoms with van der Waals surface area (Å²) in [7, 11) is 1.57. The first-order valence-electron chi connectivity index (χ1n) is 15.4. The lowest BCUT2D eigenvalue weighted by atomic mass is 10.0. The monoisotopic (exact) mass is 624 g/mol. The molecule has 240 valence electrons. The summed E-state index contributed by atoms with van der Waals surface area (Å²) in [5, 5.41) is 25.7. The lowest BCUT2D eigenvalue weighted by Gasteiger charge is -2.38. The smallest absolute Gasteiger partial charge is 0.335 e. The van der Waals surface area contributed by atoms with E-state index in [4.69, 9.17) is 29.6 Å². The molecule has 1 unspecified atom stereocenters. The third-order valence-electron chi connectivity index (χ3n) is 8.24. The van der Waals surface area contributed by atoms with Gasteiger partial charge in [0.2, 0.25) is 5.88 Å². The van der Waals surface area contributed by atoms with Gasteiger partial charge < -0.3 is 29.1 Å². The van der Waals surface area contributed by atoms with E-state index in [9.17, 15) is 9.90 Å². The number of benzene rings is 2. The molecular formula is C35H40N6O5. The molecule has 0 amide bonds. The molecule has 0 bridgehead atoms. The Labute approximate surface area is 269 Å². The lowest BCUT2D eigenvalue weighted by Crippen LogP contribution is -2.44. The summed E-state index contributed by atoms with van der Waals surface area (Å²) in [5.74, 6) is 0.838.